The predicted octanol–water partition coefficient (Wildman–Crippen LogP) is 2.94. The van der Waals surface area contributed by atoms with Gasteiger partial charge in [-0.1, -0.05) is 0 Å². The molecule has 1 fully saturated rings. The Morgan fingerprint density at radius 1 is 0.600 bits per heavy atom. The van der Waals surface area contributed by atoms with Crippen LogP contribution in [0.3, 0.4) is 0 Å². The van der Waals surface area contributed by atoms with Gasteiger partial charge in [0.25, 0.3) is 0 Å². The van der Waals surface area contributed by atoms with Crippen molar-refractivity contribution < 1.29 is 0 Å². The molecular weight excluding hydrogens is 180 g/mol. The van der Waals surface area contributed by atoms with Gasteiger partial charge in [-0.15, -0.1) is 0 Å². The van der Waals surface area contributed by atoms with Crippen LogP contribution in [-0.4, -0.2) is 28.1 Å². The maximum Gasteiger partial charge on any atom is 0.0392 e. The molecular formula is C7H14S3. The highest BCUT2D eigenvalue weighted by Crippen LogP contribution is 2.18. The molecule has 0 aromatic carbocycles. The zero-order valence-electron chi connectivity index (χ0n) is 6.17. The summed E-state index contributed by atoms with van der Waals surface area (Å²) in [5, 5.41) is 1.32. The second-order valence-corrected chi connectivity index (χ2v) is 6.05. The summed E-state index contributed by atoms with van der Waals surface area (Å²) >= 11 is 6.33. The Kier molecular flexibility index (Phi) is 6.16. The maximum atomic E-state index is 2.12. The first-order valence-electron chi connectivity index (χ1n) is 3.73. The maximum absolute atomic E-state index is 2.12. The Bertz CT molecular complexity index is 42.0. The topological polar surface area (TPSA) is 0 Å². The minimum Gasteiger partial charge on any atom is -0.162 e. The zero-order chi connectivity index (χ0) is 7.07. The van der Waals surface area contributed by atoms with E-state index in [-0.39, 0.29) is 0 Å². The predicted molar refractivity (Wildman–Crippen MR) is 56.3 cm³/mol. The average Bonchev–Trinajstić information content (AvgIpc) is 2.01. The molecule has 10 heavy (non-hydrogen) atoms. The normalized spacial score (nSPS) is 24.0. The van der Waals surface area contributed by atoms with Crippen LogP contribution >= 0.6 is 35.3 Å². The molecule has 0 atom stereocenters. The molecule has 1 saturated heterocycles. The van der Waals surface area contributed by atoms with Gasteiger partial charge in [-0.3, -0.25) is 0 Å². The standard InChI is InChI=1S/C7H14S3/c1-3-8-4-2-6-10-7-9-5-1/h1-7H2. The van der Waals surface area contributed by atoms with E-state index in [0.29, 0.717) is 0 Å². The fourth-order valence-corrected chi connectivity index (χ4v) is 4.18. The first-order valence-corrected chi connectivity index (χ1v) is 7.20. The molecule has 1 aliphatic rings. The van der Waals surface area contributed by atoms with E-state index >= 15 is 0 Å². The fraction of sp³-hybridized carbons (Fsp3) is 1.00. The summed E-state index contributed by atoms with van der Waals surface area (Å²) in [7, 11) is 0. The van der Waals surface area contributed by atoms with Crippen molar-refractivity contribution in [1.29, 1.82) is 0 Å². The lowest BCUT2D eigenvalue weighted by atomic mass is 10.6. The third-order valence-corrected chi connectivity index (χ3v) is 4.96. The SMILES string of the molecule is C1CSCCCSCSC1. The molecule has 3 heteroatoms. The molecule has 60 valence electrons. The van der Waals surface area contributed by atoms with Gasteiger partial charge >= 0.3 is 0 Å². The molecule has 0 aromatic rings. The van der Waals surface area contributed by atoms with Crippen LogP contribution in [0.1, 0.15) is 12.8 Å². The monoisotopic (exact) mass is 194 g/mol. The van der Waals surface area contributed by atoms with Crippen molar-refractivity contribution in [2.75, 3.05) is 28.1 Å². The van der Waals surface area contributed by atoms with Gasteiger partial charge in [0.05, 0.1) is 0 Å². The molecule has 0 N–H and O–H groups in total. The minimum absolute atomic E-state index is 1.32. The second kappa shape index (κ2) is 6.74. The Hall–Kier alpha value is 1.05. The van der Waals surface area contributed by atoms with Gasteiger partial charge in [-0.25, -0.2) is 0 Å². The first kappa shape index (κ1) is 9.14. The average molecular weight is 194 g/mol. The molecule has 0 aromatic heterocycles. The van der Waals surface area contributed by atoms with Crippen LogP contribution in [0.4, 0.5) is 0 Å². The first-order chi connectivity index (χ1) is 5.00. The van der Waals surface area contributed by atoms with E-state index in [1.807, 2.05) is 0 Å². The van der Waals surface area contributed by atoms with Crippen molar-refractivity contribution >= 4 is 35.3 Å². The van der Waals surface area contributed by atoms with E-state index < -0.39 is 0 Å². The number of rotatable bonds is 0. The number of thioether (sulfide) groups is 3. The highest BCUT2D eigenvalue weighted by atomic mass is 32.2. The van der Waals surface area contributed by atoms with Crippen LogP contribution in [-0.2, 0) is 0 Å². The molecule has 1 aliphatic heterocycles. The quantitative estimate of drug-likeness (QED) is 0.582. The molecule has 1 heterocycles. The third-order valence-electron chi connectivity index (χ3n) is 1.32. The lowest BCUT2D eigenvalue weighted by Crippen LogP contribution is -1.92. The molecule has 0 spiro atoms. The van der Waals surface area contributed by atoms with E-state index in [9.17, 15) is 0 Å². The van der Waals surface area contributed by atoms with E-state index in [2.05, 4.69) is 35.3 Å². The molecule has 0 saturated carbocycles. The number of hydrogen-bond acceptors (Lipinski definition) is 3. The minimum atomic E-state index is 1.32. The largest absolute Gasteiger partial charge is 0.162 e. The molecule has 0 radical (unpaired) electrons. The van der Waals surface area contributed by atoms with Crippen molar-refractivity contribution in [3.05, 3.63) is 0 Å². The van der Waals surface area contributed by atoms with Crippen LogP contribution in [0, 0.1) is 0 Å². The van der Waals surface area contributed by atoms with Crippen molar-refractivity contribution in [1.82, 2.24) is 0 Å². The fourth-order valence-electron chi connectivity index (χ4n) is 0.805. The Balaban J connectivity index is 2.00. The van der Waals surface area contributed by atoms with Gasteiger partial charge in [0.1, 0.15) is 0 Å². The van der Waals surface area contributed by atoms with Crippen molar-refractivity contribution in [2.45, 2.75) is 12.8 Å². The zero-order valence-corrected chi connectivity index (χ0v) is 8.62. The van der Waals surface area contributed by atoms with Crippen LogP contribution in [0.25, 0.3) is 0 Å². The van der Waals surface area contributed by atoms with Crippen molar-refractivity contribution in [3.63, 3.8) is 0 Å². The lowest BCUT2D eigenvalue weighted by molar-refractivity contribution is 1.09. The van der Waals surface area contributed by atoms with Crippen LogP contribution in [0.5, 0.6) is 0 Å². The third kappa shape index (κ3) is 4.80. The van der Waals surface area contributed by atoms with Gasteiger partial charge < -0.3 is 0 Å². The highest BCUT2D eigenvalue weighted by Gasteiger charge is 1.96. The Morgan fingerprint density at radius 2 is 1.10 bits per heavy atom. The van der Waals surface area contributed by atoms with Crippen molar-refractivity contribution in [2.24, 2.45) is 0 Å². The van der Waals surface area contributed by atoms with Crippen LogP contribution in [0.15, 0.2) is 0 Å². The van der Waals surface area contributed by atoms with E-state index in [1.165, 1.54) is 40.9 Å². The van der Waals surface area contributed by atoms with Gasteiger partial charge in [-0.05, 0) is 35.9 Å². The van der Waals surface area contributed by atoms with Crippen molar-refractivity contribution in [3.8, 4) is 0 Å². The molecule has 1 rings (SSSR count). The van der Waals surface area contributed by atoms with Gasteiger partial charge in [0, 0.05) is 5.08 Å². The molecule has 0 amide bonds. The molecule has 0 bridgehead atoms. The summed E-state index contributed by atoms with van der Waals surface area (Å²) in [5.41, 5.74) is 0. The Morgan fingerprint density at radius 3 is 1.70 bits per heavy atom. The highest BCUT2D eigenvalue weighted by molar-refractivity contribution is 8.16. The van der Waals surface area contributed by atoms with Crippen LogP contribution < -0.4 is 0 Å². The number of hydrogen-bond donors (Lipinski definition) is 0. The summed E-state index contributed by atoms with van der Waals surface area (Å²) < 4.78 is 0. The van der Waals surface area contributed by atoms with Gasteiger partial charge in [-0.2, -0.15) is 35.3 Å². The Labute approximate surface area is 76.3 Å². The summed E-state index contributed by atoms with van der Waals surface area (Å²) in [4.78, 5) is 0. The van der Waals surface area contributed by atoms with Gasteiger partial charge in [0.15, 0.2) is 0 Å². The van der Waals surface area contributed by atoms with E-state index in [0.717, 1.165) is 0 Å². The summed E-state index contributed by atoms with van der Waals surface area (Å²) in [6.07, 6.45) is 2.83. The van der Waals surface area contributed by atoms with Crippen LogP contribution in [0.2, 0.25) is 0 Å². The van der Waals surface area contributed by atoms with Gasteiger partial charge in [0.2, 0.25) is 0 Å². The lowest BCUT2D eigenvalue weighted by Gasteiger charge is -2.05. The van der Waals surface area contributed by atoms with E-state index in [4.69, 9.17) is 0 Å². The molecule has 0 aliphatic carbocycles. The second-order valence-electron chi connectivity index (χ2n) is 2.25. The molecule has 0 nitrogen and oxygen atoms in total. The summed E-state index contributed by atoms with van der Waals surface area (Å²) in [6, 6.07) is 0. The summed E-state index contributed by atoms with van der Waals surface area (Å²) in [6.45, 7) is 0. The van der Waals surface area contributed by atoms with E-state index in [1.54, 1.807) is 0 Å². The molecule has 0 unspecified atom stereocenters. The smallest absolute Gasteiger partial charge is 0.0392 e. The summed E-state index contributed by atoms with van der Waals surface area (Å²) in [5.74, 6) is 5.52.